The number of nitrogens with one attached hydrogen (secondary N) is 1. The molecule has 1 heterocycles. The lowest BCUT2D eigenvalue weighted by Crippen LogP contribution is -2.34. The van der Waals surface area contributed by atoms with E-state index in [-0.39, 0.29) is 17.1 Å². The van der Waals surface area contributed by atoms with Gasteiger partial charge in [-0.05, 0) is 63.5 Å². The third-order valence-corrected chi connectivity index (χ3v) is 6.26. The molecule has 1 aromatic rings. The molecule has 0 atom stereocenters. The van der Waals surface area contributed by atoms with Crippen LogP contribution in [-0.2, 0) is 14.3 Å². The number of carbonyl (C=O) groups excluding carboxylic acids is 1. The van der Waals surface area contributed by atoms with Crippen LogP contribution in [0.2, 0.25) is 0 Å². The Balaban J connectivity index is 2.10. The van der Waals surface area contributed by atoms with Crippen molar-refractivity contribution in [2.24, 2.45) is 0 Å². The molecular formula is C19H32N2O3S2. The van der Waals surface area contributed by atoms with E-state index >= 15 is 0 Å². The number of carbonyl (C=O) groups is 1. The quantitative estimate of drug-likeness (QED) is 0.393. The summed E-state index contributed by atoms with van der Waals surface area (Å²) in [5.41, 5.74) is -0.435. The predicted molar refractivity (Wildman–Crippen MR) is 111 cm³/mol. The lowest BCUT2D eigenvalue weighted by Gasteiger charge is -2.29. The zero-order valence-corrected chi connectivity index (χ0v) is 18.2. The van der Waals surface area contributed by atoms with Gasteiger partial charge in [0.2, 0.25) is 5.91 Å². The summed E-state index contributed by atoms with van der Waals surface area (Å²) in [7, 11) is 4.96. The minimum absolute atomic E-state index is 0.0791. The fraction of sp³-hybridized carbons (Fsp3) is 0.684. The van der Waals surface area contributed by atoms with Gasteiger partial charge in [0, 0.05) is 32.0 Å². The van der Waals surface area contributed by atoms with Gasteiger partial charge in [0.25, 0.3) is 0 Å². The molecule has 0 unspecified atom stereocenters. The van der Waals surface area contributed by atoms with Crippen LogP contribution in [0.1, 0.15) is 47.0 Å². The fourth-order valence-electron chi connectivity index (χ4n) is 1.97. The molecule has 0 aromatic carbocycles. The summed E-state index contributed by atoms with van der Waals surface area (Å²) in [6.07, 6.45) is 3.90. The number of aromatic nitrogens is 1. The van der Waals surface area contributed by atoms with Crippen molar-refractivity contribution in [3.8, 4) is 0 Å². The van der Waals surface area contributed by atoms with Crippen molar-refractivity contribution in [1.82, 2.24) is 10.3 Å². The summed E-state index contributed by atoms with van der Waals surface area (Å²) in [5, 5.41) is 3.94. The van der Waals surface area contributed by atoms with Gasteiger partial charge in [-0.25, -0.2) is 4.98 Å². The van der Waals surface area contributed by atoms with Crippen LogP contribution < -0.4 is 5.32 Å². The number of hydrogen-bond acceptors (Lipinski definition) is 6. The largest absolute Gasteiger partial charge is 0.379 e. The van der Waals surface area contributed by atoms with E-state index in [9.17, 15) is 4.79 Å². The van der Waals surface area contributed by atoms with Crippen molar-refractivity contribution < 1.29 is 14.3 Å². The Bertz CT molecular complexity index is 525. The first-order valence-electron chi connectivity index (χ1n) is 8.90. The highest BCUT2D eigenvalue weighted by Gasteiger charge is 2.21. The number of nitrogens with zero attached hydrogens (tertiary/aromatic N) is 1. The normalized spacial score (nSPS) is 12.2. The summed E-state index contributed by atoms with van der Waals surface area (Å²) in [6, 6.07) is 5.82. The molecule has 5 nitrogen and oxygen atoms in total. The lowest BCUT2D eigenvalue weighted by atomic mass is 10.0. The topological polar surface area (TPSA) is 60.5 Å². The number of hydrogen-bond donors (Lipinski definition) is 1. The summed E-state index contributed by atoms with van der Waals surface area (Å²) in [6.45, 7) is 9.47. The Kier molecular flexibility index (Phi) is 10.6. The Morgan fingerprint density at radius 1 is 1.19 bits per heavy atom. The molecule has 26 heavy (non-hydrogen) atoms. The highest BCUT2D eigenvalue weighted by molar-refractivity contribution is 8.76. The fourth-order valence-corrected chi connectivity index (χ4v) is 3.84. The number of methoxy groups -OCH3 is 1. The zero-order chi connectivity index (χ0) is 19.5. The lowest BCUT2D eigenvalue weighted by molar-refractivity contribution is -0.121. The van der Waals surface area contributed by atoms with E-state index in [2.05, 4.69) is 24.1 Å². The van der Waals surface area contributed by atoms with Crippen molar-refractivity contribution >= 4 is 27.5 Å². The molecular weight excluding hydrogens is 368 g/mol. The van der Waals surface area contributed by atoms with Crippen molar-refractivity contribution in [2.75, 3.05) is 26.0 Å². The van der Waals surface area contributed by atoms with Gasteiger partial charge in [-0.15, -0.1) is 0 Å². The molecule has 1 rings (SSSR count). The third kappa shape index (κ3) is 11.1. The van der Waals surface area contributed by atoms with Crippen LogP contribution in [0.4, 0.5) is 0 Å². The van der Waals surface area contributed by atoms with E-state index in [1.165, 1.54) is 0 Å². The molecule has 1 aromatic heterocycles. The van der Waals surface area contributed by atoms with Gasteiger partial charge in [0.1, 0.15) is 5.03 Å². The number of rotatable bonds is 13. The highest BCUT2D eigenvalue weighted by Crippen LogP contribution is 2.29. The first-order chi connectivity index (χ1) is 12.2. The molecule has 148 valence electrons. The van der Waals surface area contributed by atoms with Crippen molar-refractivity contribution in [1.29, 1.82) is 0 Å². The maximum Gasteiger partial charge on any atom is 0.220 e. The van der Waals surface area contributed by atoms with Gasteiger partial charge in [0.15, 0.2) is 0 Å². The Hall–Kier alpha value is -0.760. The minimum atomic E-state index is -0.263. The van der Waals surface area contributed by atoms with Crippen LogP contribution in [0, 0.1) is 0 Å². The number of ether oxygens (including phenoxy) is 2. The average molecular weight is 401 g/mol. The second-order valence-corrected chi connectivity index (χ2v) is 9.68. The molecule has 7 heteroatoms. The first-order valence-corrected chi connectivity index (χ1v) is 11.2. The van der Waals surface area contributed by atoms with Crippen LogP contribution in [0.3, 0.4) is 0 Å². The molecule has 0 saturated heterocycles. The molecule has 0 saturated carbocycles. The van der Waals surface area contributed by atoms with Crippen LogP contribution in [0.25, 0.3) is 0 Å². The zero-order valence-electron chi connectivity index (χ0n) is 16.5. The van der Waals surface area contributed by atoms with Gasteiger partial charge < -0.3 is 14.8 Å². The van der Waals surface area contributed by atoms with Gasteiger partial charge >= 0.3 is 0 Å². The van der Waals surface area contributed by atoms with E-state index < -0.39 is 0 Å². The SMILES string of the molecule is COC(C)(C)CCOC(C)(C)CCNC(=O)CCSSc1ccccn1. The summed E-state index contributed by atoms with van der Waals surface area (Å²) >= 11 is 0. The maximum atomic E-state index is 11.9. The summed E-state index contributed by atoms with van der Waals surface area (Å²) in [4.78, 5) is 16.2. The molecule has 0 aliphatic carbocycles. The van der Waals surface area contributed by atoms with Crippen LogP contribution in [-0.4, -0.2) is 48.1 Å². The predicted octanol–water partition coefficient (Wildman–Crippen LogP) is 4.33. The van der Waals surface area contributed by atoms with E-state index in [0.717, 1.165) is 23.6 Å². The van der Waals surface area contributed by atoms with E-state index in [4.69, 9.17) is 9.47 Å². The molecule has 0 spiro atoms. The maximum absolute atomic E-state index is 11.9. The van der Waals surface area contributed by atoms with Gasteiger partial charge in [-0.3, -0.25) is 4.79 Å². The molecule has 0 aliphatic rings. The molecule has 1 N–H and O–H groups in total. The molecule has 0 aliphatic heterocycles. The van der Waals surface area contributed by atoms with Crippen molar-refractivity contribution in [3.63, 3.8) is 0 Å². The summed E-state index contributed by atoms with van der Waals surface area (Å²) < 4.78 is 11.3. The molecule has 0 fully saturated rings. The van der Waals surface area contributed by atoms with Crippen molar-refractivity contribution in [2.45, 2.75) is 63.2 Å². The van der Waals surface area contributed by atoms with Gasteiger partial charge in [-0.2, -0.15) is 0 Å². The number of amides is 1. The molecule has 1 amide bonds. The number of pyridine rings is 1. The monoisotopic (exact) mass is 400 g/mol. The van der Waals surface area contributed by atoms with Crippen molar-refractivity contribution in [3.05, 3.63) is 24.4 Å². The van der Waals surface area contributed by atoms with E-state index in [1.807, 2.05) is 32.0 Å². The first kappa shape index (κ1) is 23.3. The summed E-state index contributed by atoms with van der Waals surface area (Å²) in [5.74, 6) is 0.842. The smallest absolute Gasteiger partial charge is 0.220 e. The van der Waals surface area contributed by atoms with E-state index in [1.54, 1.807) is 34.9 Å². The van der Waals surface area contributed by atoms with Crippen LogP contribution in [0.5, 0.6) is 0 Å². The van der Waals surface area contributed by atoms with Gasteiger partial charge in [0.05, 0.1) is 17.8 Å². The second kappa shape index (κ2) is 11.8. The Morgan fingerprint density at radius 3 is 2.62 bits per heavy atom. The Morgan fingerprint density at radius 2 is 1.96 bits per heavy atom. The van der Waals surface area contributed by atoms with E-state index in [0.29, 0.717) is 19.6 Å². The Labute approximate surface area is 165 Å². The van der Waals surface area contributed by atoms with Crippen LogP contribution in [0.15, 0.2) is 29.4 Å². The van der Waals surface area contributed by atoms with Crippen LogP contribution >= 0.6 is 21.6 Å². The van der Waals surface area contributed by atoms with Gasteiger partial charge in [-0.1, -0.05) is 16.9 Å². The standard InChI is InChI=1S/C19H32N2O3S2/c1-18(2,23-5)11-14-24-19(3,4)10-13-20-16(22)9-15-25-26-17-8-6-7-12-21-17/h6-8,12H,9-11,13-15H2,1-5H3,(H,20,22). The highest BCUT2D eigenvalue weighted by atomic mass is 33.1. The second-order valence-electron chi connectivity index (χ2n) is 7.25. The molecule has 0 bridgehead atoms. The average Bonchev–Trinajstić information content (AvgIpc) is 2.59. The third-order valence-electron chi connectivity index (χ3n) is 3.99. The molecule has 0 radical (unpaired) electrons. The minimum Gasteiger partial charge on any atom is -0.379 e.